The third-order valence-corrected chi connectivity index (χ3v) is 13.5. The molecule has 1 aliphatic carbocycles. The summed E-state index contributed by atoms with van der Waals surface area (Å²) >= 11 is 0. The van der Waals surface area contributed by atoms with E-state index in [1.165, 1.54) is 14.2 Å². The second-order valence-corrected chi connectivity index (χ2v) is 18.4. The monoisotopic (exact) mass is 907 g/mol. The lowest BCUT2D eigenvalue weighted by Crippen LogP contribution is -2.51. The number of nitrogens with one attached hydrogen (secondary N) is 5. The number of rotatable bonds is 15. The van der Waals surface area contributed by atoms with Crippen molar-refractivity contribution in [2.45, 2.75) is 76.7 Å². The normalized spacial score (nSPS) is 20.6. The van der Waals surface area contributed by atoms with Crippen molar-refractivity contribution in [2.75, 3.05) is 40.5 Å². The number of amides is 3. The number of methoxy groups -OCH3 is 2. The molecule has 0 saturated carbocycles. The summed E-state index contributed by atoms with van der Waals surface area (Å²) in [5, 5.41) is 9.91. The number of likely N-dealkylation sites (tertiary alicyclic amines) is 1. The second kappa shape index (κ2) is 20.5. The molecule has 9 rings (SSSR count). The number of fused-ring (bicyclic) bond motifs is 3. The molecule has 2 aromatic heterocycles. The number of carbonyl (C=O) groups excluding carboxylic acids is 3. The summed E-state index contributed by atoms with van der Waals surface area (Å²) in [5.74, 6) is 1.91. The molecule has 2 saturated heterocycles. The van der Waals surface area contributed by atoms with Crippen LogP contribution in [0.4, 0.5) is 9.59 Å². The van der Waals surface area contributed by atoms with E-state index >= 15 is 0 Å². The minimum atomic E-state index is -0.748. The molecule has 2 aliphatic heterocycles. The fourth-order valence-electron chi connectivity index (χ4n) is 9.87. The zero-order chi connectivity index (χ0) is 46.4. The fraction of sp³-hybridized carbons (Fsp3) is 0.404. The van der Waals surface area contributed by atoms with Crippen LogP contribution in [0.1, 0.15) is 87.8 Å². The highest BCUT2D eigenvalue weighted by Crippen LogP contribution is 2.38. The van der Waals surface area contributed by atoms with Crippen LogP contribution in [-0.4, -0.2) is 94.5 Å². The van der Waals surface area contributed by atoms with E-state index in [9.17, 15) is 14.4 Å². The smallest absolute Gasteiger partial charge is 0.408 e. The number of allylic oxidation sites excluding steroid dienone is 2. The lowest BCUT2D eigenvalue weighted by atomic mass is 9.95. The summed E-state index contributed by atoms with van der Waals surface area (Å²) in [7, 11) is 2.67. The summed E-state index contributed by atoms with van der Waals surface area (Å²) in [6.45, 7) is 6.42. The number of hydrogen-bond acceptors (Lipinski definition) is 10. The van der Waals surface area contributed by atoms with Gasteiger partial charge in [0.15, 0.2) is 0 Å². The lowest BCUT2D eigenvalue weighted by molar-refractivity contribution is -0.135. The van der Waals surface area contributed by atoms with Gasteiger partial charge in [-0.25, -0.2) is 30.0 Å². The van der Waals surface area contributed by atoms with Gasteiger partial charge in [-0.2, -0.15) is 0 Å². The molecule has 2 fully saturated rings. The number of aromatic nitrogens is 4. The van der Waals surface area contributed by atoms with Gasteiger partial charge < -0.3 is 39.7 Å². The van der Waals surface area contributed by atoms with Gasteiger partial charge in [-0.05, 0) is 90.1 Å². The molecule has 0 spiro atoms. The highest BCUT2D eigenvalue weighted by molar-refractivity contribution is 6.05. The molecule has 15 heteroatoms. The summed E-state index contributed by atoms with van der Waals surface area (Å²) in [4.78, 5) is 58.0. The van der Waals surface area contributed by atoms with Crippen LogP contribution in [0.2, 0.25) is 0 Å². The van der Waals surface area contributed by atoms with Crippen LogP contribution in [0.5, 0.6) is 0 Å². The van der Waals surface area contributed by atoms with E-state index in [0.29, 0.717) is 32.1 Å². The maximum Gasteiger partial charge on any atom is 0.408 e. The van der Waals surface area contributed by atoms with Crippen molar-refractivity contribution in [3.63, 3.8) is 0 Å². The second-order valence-electron chi connectivity index (χ2n) is 18.4. The Hall–Kier alpha value is -6.55. The van der Waals surface area contributed by atoms with Crippen molar-refractivity contribution in [1.82, 2.24) is 45.9 Å². The number of ether oxygens (including phenoxy) is 3. The first-order chi connectivity index (χ1) is 32.6. The minimum absolute atomic E-state index is 0.00842. The molecule has 0 bridgehead atoms. The van der Waals surface area contributed by atoms with Gasteiger partial charge in [0, 0.05) is 31.0 Å². The molecule has 5 N–H and O–H groups in total. The molecule has 67 heavy (non-hydrogen) atoms. The maximum atomic E-state index is 14.3. The van der Waals surface area contributed by atoms with E-state index in [4.69, 9.17) is 24.2 Å². The van der Waals surface area contributed by atoms with Crippen molar-refractivity contribution in [3.8, 4) is 22.4 Å². The Morgan fingerprint density at radius 1 is 0.806 bits per heavy atom. The molecule has 4 aromatic carbocycles. The van der Waals surface area contributed by atoms with E-state index in [1.54, 1.807) is 0 Å². The number of imidazole rings is 2. The van der Waals surface area contributed by atoms with Crippen molar-refractivity contribution in [3.05, 3.63) is 120 Å². The summed E-state index contributed by atoms with van der Waals surface area (Å²) in [6.07, 6.45) is 10.6. The number of hydrogen-bond donors (Lipinski definition) is 5. The maximum absolute atomic E-state index is 14.3. The average molecular weight is 908 g/mol. The van der Waals surface area contributed by atoms with Gasteiger partial charge in [0.25, 0.3) is 0 Å². The predicted molar refractivity (Wildman–Crippen MR) is 257 cm³/mol. The highest BCUT2D eigenvalue weighted by atomic mass is 16.5. The fourth-order valence-corrected chi connectivity index (χ4v) is 9.87. The van der Waals surface area contributed by atoms with Crippen LogP contribution in [0, 0.1) is 17.8 Å². The van der Waals surface area contributed by atoms with Crippen LogP contribution in [0.25, 0.3) is 44.2 Å². The predicted octanol–water partition coefficient (Wildman–Crippen LogP) is 9.11. The molecule has 0 radical (unpaired) electrons. The standard InChI is InChI=1S/C52H61N9O6/c1-32(2)45(57-51(63)65-3)50(62)60-29-34(31-67-30-33-12-7-5-8-13-33)26-44(60)49-54-41-24-22-39-27-38(21-23-40(39)46(41)56-49)35-17-19-36(20-18-35)42-28-53-48(55-42)43-16-11-25-61(43)59-47(58-52(64)66-4)37-14-9-6-10-15-37/h5-7,9-10,14-15,17-24,27-28,32-34,43-45,47,59H,8,11-13,16,25-26,29-31H2,1-4H3,(H,53,55)(H,54,56)(H,57,63)(H,58,64)/t33?,34-,43-,44-,45-,47-/m0/s1. The van der Waals surface area contributed by atoms with Gasteiger partial charge in [-0.3, -0.25) is 4.79 Å². The van der Waals surface area contributed by atoms with Crippen LogP contribution in [0.3, 0.4) is 0 Å². The first-order valence-electron chi connectivity index (χ1n) is 23.5. The average Bonchev–Trinajstić information content (AvgIpc) is 4.20. The van der Waals surface area contributed by atoms with Crippen LogP contribution < -0.4 is 16.1 Å². The van der Waals surface area contributed by atoms with E-state index in [0.717, 1.165) is 100 Å². The van der Waals surface area contributed by atoms with Crippen molar-refractivity contribution in [1.29, 1.82) is 0 Å². The molecular weight excluding hydrogens is 847 g/mol. The highest BCUT2D eigenvalue weighted by Gasteiger charge is 2.42. The van der Waals surface area contributed by atoms with E-state index in [-0.39, 0.29) is 29.8 Å². The summed E-state index contributed by atoms with van der Waals surface area (Å²) in [6, 6.07) is 27.8. The number of hydrazine groups is 1. The Morgan fingerprint density at radius 3 is 2.33 bits per heavy atom. The number of benzene rings is 4. The van der Waals surface area contributed by atoms with E-state index < -0.39 is 24.4 Å². The quantitative estimate of drug-likeness (QED) is 0.0493. The Labute approximate surface area is 391 Å². The number of nitrogens with zero attached hydrogens (tertiary/aromatic N) is 4. The Bertz CT molecular complexity index is 2700. The molecule has 4 heterocycles. The molecule has 350 valence electrons. The van der Waals surface area contributed by atoms with Gasteiger partial charge in [-0.15, -0.1) is 0 Å². The molecular formula is C52H61N9O6. The lowest BCUT2D eigenvalue weighted by Gasteiger charge is -2.30. The minimum Gasteiger partial charge on any atom is -0.453 e. The van der Waals surface area contributed by atoms with Gasteiger partial charge in [0.05, 0.1) is 55.8 Å². The SMILES string of the molecule is COC(=O)N[C@@H](NN1CCC[C@H]1c1ncc(-c2ccc(-c3ccc4c(ccc5[nH]c([C@@H]6C[C@H](COCC7CC=CCC7)CN6C(=O)[C@@H](NC(=O)OC)C(C)C)nc54)c3)cc2)[nH]1)c1ccccc1. The van der Waals surface area contributed by atoms with Crippen LogP contribution >= 0.6 is 0 Å². The van der Waals surface area contributed by atoms with E-state index in [2.05, 4.69) is 97.8 Å². The molecule has 3 aliphatic rings. The van der Waals surface area contributed by atoms with Gasteiger partial charge >= 0.3 is 12.2 Å². The summed E-state index contributed by atoms with van der Waals surface area (Å²) in [5.41, 5.74) is 10.3. The number of aromatic amines is 2. The van der Waals surface area contributed by atoms with Crippen molar-refractivity contribution < 1.29 is 28.6 Å². The Kier molecular flexibility index (Phi) is 14.0. The Morgan fingerprint density at radius 2 is 1.57 bits per heavy atom. The van der Waals surface area contributed by atoms with Gasteiger partial charge in [0.2, 0.25) is 5.91 Å². The molecule has 15 nitrogen and oxygen atoms in total. The first-order valence-corrected chi connectivity index (χ1v) is 23.5. The summed E-state index contributed by atoms with van der Waals surface area (Å²) < 4.78 is 16.1. The topological polar surface area (TPSA) is 179 Å². The zero-order valence-electron chi connectivity index (χ0n) is 38.7. The largest absolute Gasteiger partial charge is 0.453 e. The molecule has 6 aromatic rings. The van der Waals surface area contributed by atoms with Gasteiger partial charge in [-0.1, -0.05) is 98.8 Å². The Balaban J connectivity index is 0.908. The van der Waals surface area contributed by atoms with Crippen molar-refractivity contribution in [2.24, 2.45) is 17.8 Å². The van der Waals surface area contributed by atoms with Crippen LogP contribution in [0.15, 0.2) is 103 Å². The van der Waals surface area contributed by atoms with Crippen molar-refractivity contribution >= 4 is 39.9 Å². The third-order valence-electron chi connectivity index (χ3n) is 13.5. The molecule has 3 amide bonds. The molecule has 1 unspecified atom stereocenters. The first kappa shape index (κ1) is 45.6. The molecule has 6 atom stereocenters. The zero-order valence-corrected chi connectivity index (χ0v) is 38.7. The van der Waals surface area contributed by atoms with E-state index in [1.807, 2.05) is 55.3 Å². The number of H-pyrrole nitrogens is 2. The third kappa shape index (κ3) is 10.2. The number of alkyl carbamates (subject to hydrolysis) is 2. The number of carbonyl (C=O) groups is 3. The van der Waals surface area contributed by atoms with Gasteiger partial charge in [0.1, 0.15) is 23.9 Å². The van der Waals surface area contributed by atoms with Crippen LogP contribution in [-0.2, 0) is 19.0 Å².